The summed E-state index contributed by atoms with van der Waals surface area (Å²) >= 11 is 1.60. The molecule has 0 aromatic heterocycles. The second kappa shape index (κ2) is 8.92. The number of allylic oxidation sites excluding steroid dienone is 1. The first-order valence-corrected chi connectivity index (χ1v) is 11.0. The number of thioether (sulfide) groups is 1. The van der Waals surface area contributed by atoms with Gasteiger partial charge in [-0.3, -0.25) is 14.6 Å². The summed E-state index contributed by atoms with van der Waals surface area (Å²) in [5.74, 6) is 1.63. The molecule has 0 amide bonds. The van der Waals surface area contributed by atoms with Gasteiger partial charge in [-0.15, -0.1) is 11.8 Å². The van der Waals surface area contributed by atoms with Gasteiger partial charge in [-0.2, -0.15) is 0 Å². The highest BCUT2D eigenvalue weighted by Gasteiger charge is 2.20. The highest BCUT2D eigenvalue weighted by atomic mass is 32.2. The van der Waals surface area contributed by atoms with Crippen molar-refractivity contribution in [1.82, 2.24) is 0 Å². The number of hydrogen-bond acceptors (Lipinski definition) is 7. The highest BCUT2D eigenvalue weighted by molar-refractivity contribution is 7.99. The summed E-state index contributed by atoms with van der Waals surface area (Å²) in [6, 6.07) is 7.92. The minimum absolute atomic E-state index is 0.129. The first-order valence-electron chi connectivity index (χ1n) is 8.44. The zero-order valence-electron chi connectivity index (χ0n) is 15.7. The van der Waals surface area contributed by atoms with Gasteiger partial charge in [0.25, 0.3) is 0 Å². The Kier molecular flexibility index (Phi) is 6.54. The van der Waals surface area contributed by atoms with Gasteiger partial charge in [0.15, 0.2) is 17.3 Å². The fourth-order valence-electron chi connectivity index (χ4n) is 2.69. The van der Waals surface area contributed by atoms with Crippen LogP contribution in [-0.4, -0.2) is 42.1 Å². The van der Waals surface area contributed by atoms with E-state index in [9.17, 15) is 9.36 Å². The molecule has 3 rings (SSSR count). The normalized spacial score (nSPS) is 13.5. The third-order valence-corrected chi connectivity index (χ3v) is 5.40. The van der Waals surface area contributed by atoms with Crippen LogP contribution in [0.15, 0.2) is 41.3 Å². The number of hydrogen-bond donors (Lipinski definition) is 2. The predicted octanol–water partition coefficient (Wildman–Crippen LogP) is 3.56. The van der Waals surface area contributed by atoms with Gasteiger partial charge in [-0.25, -0.2) is 4.57 Å². The summed E-state index contributed by atoms with van der Waals surface area (Å²) in [4.78, 5) is 31.7. The summed E-state index contributed by atoms with van der Waals surface area (Å²) in [6.07, 6.45) is 2.86. The van der Waals surface area contributed by atoms with Crippen LogP contribution in [0.3, 0.4) is 0 Å². The maximum absolute atomic E-state index is 12.7. The van der Waals surface area contributed by atoms with Crippen LogP contribution >= 0.6 is 19.6 Å². The van der Waals surface area contributed by atoms with Crippen molar-refractivity contribution < 1.29 is 37.9 Å². The number of carbonyl (C=O) groups is 1. The molecule has 1 aliphatic rings. The first kappa shape index (κ1) is 21.3. The monoisotopic (exact) mass is 438 g/mol. The molecule has 2 aromatic rings. The van der Waals surface area contributed by atoms with Crippen molar-refractivity contribution in [1.29, 1.82) is 0 Å². The van der Waals surface area contributed by atoms with Gasteiger partial charge >= 0.3 is 7.82 Å². The van der Waals surface area contributed by atoms with Gasteiger partial charge < -0.3 is 18.7 Å². The molecule has 2 N–H and O–H groups in total. The molecule has 0 radical (unpaired) electrons. The van der Waals surface area contributed by atoms with Gasteiger partial charge in [0.2, 0.25) is 0 Å². The van der Waals surface area contributed by atoms with E-state index in [0.717, 1.165) is 10.6 Å². The van der Waals surface area contributed by atoms with E-state index in [1.807, 2.05) is 0 Å². The summed E-state index contributed by atoms with van der Waals surface area (Å²) in [5, 5.41) is 0. The summed E-state index contributed by atoms with van der Waals surface area (Å²) in [6.45, 7) is 0.602. The van der Waals surface area contributed by atoms with Crippen molar-refractivity contribution in [2.75, 3.05) is 26.6 Å². The maximum atomic E-state index is 12.7. The molecule has 10 heteroatoms. The molecule has 0 unspecified atom stereocenters. The largest absolute Gasteiger partial charge is 0.524 e. The average molecular weight is 438 g/mol. The molecule has 8 nitrogen and oxygen atoms in total. The molecule has 0 atom stereocenters. The fraction of sp³-hybridized carbons (Fsp3) is 0.211. The number of fused-ring (bicyclic) bond motifs is 1. The molecule has 154 valence electrons. The minimum Gasteiger partial charge on any atom is -0.496 e. The maximum Gasteiger partial charge on any atom is 0.524 e. The fourth-order valence-corrected chi connectivity index (χ4v) is 3.94. The first-order chi connectivity index (χ1) is 13.8. The van der Waals surface area contributed by atoms with Crippen LogP contribution in [0.2, 0.25) is 0 Å². The molecule has 1 heterocycles. The number of ether oxygens (including phenoxy) is 3. The van der Waals surface area contributed by atoms with Crippen molar-refractivity contribution in [2.24, 2.45) is 0 Å². The molecule has 2 aromatic carbocycles. The lowest BCUT2D eigenvalue weighted by Crippen LogP contribution is -2.08. The molecular weight excluding hydrogens is 419 g/mol. The number of methoxy groups -OCH3 is 2. The predicted molar refractivity (Wildman–Crippen MR) is 108 cm³/mol. The Bertz CT molecular complexity index is 998. The Morgan fingerprint density at radius 2 is 1.90 bits per heavy atom. The standard InChI is InChI=1S/C19H19O8PS/c1-24-15-6-4-12(9-17(15)27-28(21,22)23)3-5-14(20)13-10-19-18(11-16(13)25-2)26-7-8-29-19/h3-6,9-11H,7-8H2,1-2H3,(H2,21,22,23). The number of rotatable bonds is 7. The van der Waals surface area contributed by atoms with E-state index in [1.54, 1.807) is 30.0 Å². The van der Waals surface area contributed by atoms with Crippen molar-refractivity contribution in [3.8, 4) is 23.0 Å². The quantitative estimate of drug-likeness (QED) is 0.381. The third kappa shape index (κ3) is 5.33. The lowest BCUT2D eigenvalue weighted by atomic mass is 10.1. The van der Waals surface area contributed by atoms with Crippen LogP contribution in [0, 0.1) is 0 Å². The van der Waals surface area contributed by atoms with Crippen LogP contribution in [0.1, 0.15) is 15.9 Å². The van der Waals surface area contributed by atoms with Crippen LogP contribution in [-0.2, 0) is 4.57 Å². The topological polar surface area (TPSA) is 112 Å². The average Bonchev–Trinajstić information content (AvgIpc) is 2.70. The van der Waals surface area contributed by atoms with E-state index >= 15 is 0 Å². The Balaban J connectivity index is 1.87. The number of carbonyl (C=O) groups excluding carboxylic acids is 1. The molecule has 0 aliphatic carbocycles. The number of ketones is 1. The molecule has 0 spiro atoms. The van der Waals surface area contributed by atoms with E-state index in [0.29, 0.717) is 29.2 Å². The number of phosphoric acid groups is 1. The van der Waals surface area contributed by atoms with Gasteiger partial charge in [0, 0.05) is 11.8 Å². The van der Waals surface area contributed by atoms with Crippen molar-refractivity contribution in [3.05, 3.63) is 47.5 Å². The zero-order chi connectivity index (χ0) is 21.0. The summed E-state index contributed by atoms with van der Waals surface area (Å²) in [7, 11) is -1.93. The van der Waals surface area contributed by atoms with Crippen molar-refractivity contribution >= 4 is 31.4 Å². The Morgan fingerprint density at radius 1 is 1.14 bits per heavy atom. The Hall–Kier alpha value is -2.45. The van der Waals surface area contributed by atoms with E-state index in [2.05, 4.69) is 4.52 Å². The SMILES string of the molecule is COc1ccc(C=CC(=O)c2cc3c(cc2OC)OCCS3)cc1OP(=O)(O)O. The minimum atomic E-state index is -4.76. The molecule has 0 fully saturated rings. The van der Waals surface area contributed by atoms with Gasteiger partial charge in [0.1, 0.15) is 11.5 Å². The lowest BCUT2D eigenvalue weighted by molar-refractivity contribution is 0.104. The molecule has 29 heavy (non-hydrogen) atoms. The number of benzene rings is 2. The van der Waals surface area contributed by atoms with E-state index in [4.69, 9.17) is 24.0 Å². The second-order valence-corrected chi connectivity index (χ2v) is 8.19. The van der Waals surface area contributed by atoms with Crippen LogP contribution in [0.5, 0.6) is 23.0 Å². The zero-order valence-corrected chi connectivity index (χ0v) is 17.4. The molecule has 1 aliphatic heterocycles. The van der Waals surface area contributed by atoms with E-state index < -0.39 is 7.82 Å². The van der Waals surface area contributed by atoms with Gasteiger partial charge in [0.05, 0.1) is 31.3 Å². The van der Waals surface area contributed by atoms with Crippen LogP contribution < -0.4 is 18.7 Å². The van der Waals surface area contributed by atoms with E-state index in [-0.39, 0.29) is 17.3 Å². The Morgan fingerprint density at radius 3 is 2.59 bits per heavy atom. The number of phosphoric ester groups is 1. The summed E-state index contributed by atoms with van der Waals surface area (Å²) in [5.41, 5.74) is 0.887. The molecule has 0 saturated carbocycles. The van der Waals surface area contributed by atoms with Gasteiger partial charge in [-0.1, -0.05) is 12.1 Å². The van der Waals surface area contributed by atoms with Crippen LogP contribution in [0.25, 0.3) is 6.08 Å². The van der Waals surface area contributed by atoms with Gasteiger partial charge in [-0.05, 0) is 29.8 Å². The van der Waals surface area contributed by atoms with Crippen LogP contribution in [0.4, 0.5) is 0 Å². The van der Waals surface area contributed by atoms with E-state index in [1.165, 1.54) is 38.5 Å². The Labute approximate surface area is 171 Å². The second-order valence-electron chi connectivity index (χ2n) is 5.89. The highest BCUT2D eigenvalue weighted by Crippen LogP contribution is 2.42. The lowest BCUT2D eigenvalue weighted by Gasteiger charge is -2.18. The smallest absolute Gasteiger partial charge is 0.496 e. The third-order valence-electron chi connectivity index (χ3n) is 3.96. The van der Waals surface area contributed by atoms with Crippen molar-refractivity contribution in [3.63, 3.8) is 0 Å². The molecule has 0 bridgehead atoms. The summed E-state index contributed by atoms with van der Waals surface area (Å²) < 4.78 is 31.7. The molecular formula is C19H19O8PS. The van der Waals surface area contributed by atoms with Crippen molar-refractivity contribution in [2.45, 2.75) is 4.90 Å². The molecule has 0 saturated heterocycles.